The third kappa shape index (κ3) is 12.2. The first-order valence-electron chi connectivity index (χ1n) is 18.6. The summed E-state index contributed by atoms with van der Waals surface area (Å²) in [5, 5.41) is 7.76. The minimum absolute atomic E-state index is 0.0849. The van der Waals surface area contributed by atoms with Gasteiger partial charge in [0.25, 0.3) is 0 Å². The van der Waals surface area contributed by atoms with E-state index in [1.54, 1.807) is 21.3 Å². The van der Waals surface area contributed by atoms with Gasteiger partial charge in [0.05, 0.1) is 0 Å². The second-order valence-corrected chi connectivity index (χ2v) is 17.6. The van der Waals surface area contributed by atoms with E-state index >= 15 is 0 Å². The number of nitrogens with zero attached hydrogens (tertiary/aromatic N) is 9. The monoisotopic (exact) mass is 767 g/mol. The van der Waals surface area contributed by atoms with Gasteiger partial charge in [-0.1, -0.05) is 0 Å². The Morgan fingerprint density at radius 1 is 0.519 bits per heavy atom. The molecular weight excluding hydrogens is 705 g/mol. The van der Waals surface area contributed by atoms with Gasteiger partial charge in [0.2, 0.25) is 34.4 Å². The van der Waals surface area contributed by atoms with Crippen molar-refractivity contribution in [3.05, 3.63) is 10.6 Å². The Morgan fingerprint density at radius 3 is 1.15 bits per heavy atom. The Balaban J connectivity index is 1.80. The minimum Gasteiger partial charge on any atom is -0.385 e. The van der Waals surface area contributed by atoms with E-state index in [2.05, 4.69) is 85.8 Å². The lowest BCUT2D eigenvalue weighted by molar-refractivity contribution is 0.154. The maximum atomic E-state index is 6.76. The molecule has 2 N–H and O–H groups in total. The maximum absolute atomic E-state index is 6.76. The van der Waals surface area contributed by atoms with Gasteiger partial charge in [-0.2, -0.15) is 29.9 Å². The highest BCUT2D eigenvalue weighted by molar-refractivity contribution is 6.28. The molecule has 2 fully saturated rings. The molecule has 0 saturated carbocycles. The largest absolute Gasteiger partial charge is 0.385 e. The van der Waals surface area contributed by atoms with Gasteiger partial charge >= 0.3 is 0 Å². The Kier molecular flexibility index (Phi) is 14.7. The van der Waals surface area contributed by atoms with Gasteiger partial charge in [-0.15, -0.1) is 0 Å². The molecule has 2 aromatic heterocycles. The summed E-state index contributed by atoms with van der Waals surface area (Å²) in [7, 11) is 5.12. The summed E-state index contributed by atoms with van der Waals surface area (Å²) in [6.45, 7) is 21.5. The summed E-state index contributed by atoms with van der Waals surface area (Å²) < 4.78 is 16.3. The number of halogens is 2. The zero-order chi connectivity index (χ0) is 38.3. The fourth-order valence-corrected chi connectivity index (χ4v) is 8.74. The predicted molar refractivity (Wildman–Crippen MR) is 209 cm³/mol. The lowest BCUT2D eigenvalue weighted by Crippen LogP contribution is -2.62. The summed E-state index contributed by atoms with van der Waals surface area (Å²) in [6, 6.07) is 0.294. The molecule has 294 valence electrons. The molecule has 0 radical (unpaired) electrons. The highest BCUT2D eigenvalue weighted by atomic mass is 35.5. The molecule has 14 nitrogen and oxygen atoms in total. The molecule has 52 heavy (non-hydrogen) atoms. The van der Waals surface area contributed by atoms with Crippen LogP contribution >= 0.6 is 23.2 Å². The molecule has 0 atom stereocenters. The molecule has 4 rings (SSSR count). The van der Waals surface area contributed by atoms with Crippen LogP contribution in [0, 0.1) is 0 Å². The van der Waals surface area contributed by atoms with Crippen LogP contribution in [0.15, 0.2) is 0 Å². The van der Waals surface area contributed by atoms with Crippen molar-refractivity contribution < 1.29 is 14.2 Å². The van der Waals surface area contributed by atoms with Crippen molar-refractivity contribution in [2.45, 2.75) is 135 Å². The van der Waals surface area contributed by atoms with Gasteiger partial charge in [-0.3, -0.25) is 4.90 Å². The van der Waals surface area contributed by atoms with Crippen LogP contribution in [0.1, 0.15) is 100 Å². The number of anilines is 4. The molecule has 2 aliphatic rings. The number of rotatable bonds is 18. The van der Waals surface area contributed by atoms with Crippen LogP contribution in [0.25, 0.3) is 0 Å². The summed E-state index contributed by atoms with van der Waals surface area (Å²) in [6.07, 6.45) is 5.84. The highest BCUT2D eigenvalue weighted by Crippen LogP contribution is 2.36. The first-order chi connectivity index (χ1) is 24.4. The van der Waals surface area contributed by atoms with E-state index in [9.17, 15) is 0 Å². The average Bonchev–Trinajstić information content (AvgIpc) is 3.00. The molecule has 0 aliphatic carbocycles. The number of hydrogen-bond donors (Lipinski definition) is 2. The molecule has 2 aliphatic heterocycles. The number of hydrogen-bond acceptors (Lipinski definition) is 14. The Morgan fingerprint density at radius 2 is 0.827 bits per heavy atom. The van der Waals surface area contributed by atoms with Gasteiger partial charge < -0.3 is 34.6 Å². The summed E-state index contributed by atoms with van der Waals surface area (Å²) >= 11 is 13.5. The molecule has 0 spiro atoms. The first kappa shape index (κ1) is 42.5. The molecule has 0 unspecified atom stereocenters. The normalized spacial score (nSPS) is 19.8. The van der Waals surface area contributed by atoms with Crippen molar-refractivity contribution in [3.63, 3.8) is 0 Å². The molecule has 0 aromatic carbocycles. The zero-order valence-electron chi connectivity index (χ0n) is 33.4. The average molecular weight is 769 g/mol. The Bertz CT molecular complexity index is 1310. The van der Waals surface area contributed by atoms with E-state index in [0.29, 0.717) is 69.7 Å². The predicted octanol–water partition coefficient (Wildman–Crippen LogP) is 5.84. The van der Waals surface area contributed by atoms with Crippen molar-refractivity contribution in [2.75, 3.05) is 75.5 Å². The molecule has 2 saturated heterocycles. The molecule has 2 aromatic rings. The number of piperidine rings is 2. The van der Waals surface area contributed by atoms with Crippen molar-refractivity contribution in [2.24, 2.45) is 0 Å². The van der Waals surface area contributed by atoms with Crippen LogP contribution < -0.4 is 25.3 Å². The zero-order valence-corrected chi connectivity index (χ0v) is 34.9. The van der Waals surface area contributed by atoms with Gasteiger partial charge in [0.1, 0.15) is 0 Å². The van der Waals surface area contributed by atoms with E-state index in [1.807, 2.05) is 4.90 Å². The van der Waals surface area contributed by atoms with Crippen LogP contribution in [-0.4, -0.2) is 125 Å². The maximum Gasteiger partial charge on any atom is 0.238 e. The lowest BCUT2D eigenvalue weighted by atomic mass is 9.79. The third-order valence-electron chi connectivity index (χ3n) is 9.61. The van der Waals surface area contributed by atoms with E-state index in [1.165, 1.54) is 0 Å². The van der Waals surface area contributed by atoms with Crippen molar-refractivity contribution >= 4 is 47.0 Å². The van der Waals surface area contributed by atoms with Gasteiger partial charge in [0, 0.05) is 95.0 Å². The first-order valence-corrected chi connectivity index (χ1v) is 19.3. The number of aromatic nitrogens is 6. The van der Waals surface area contributed by atoms with E-state index in [0.717, 1.165) is 38.5 Å². The van der Waals surface area contributed by atoms with Gasteiger partial charge in [0.15, 0.2) is 0 Å². The summed E-state index contributed by atoms with van der Waals surface area (Å²) in [4.78, 5) is 35.3. The molecule has 4 heterocycles. The lowest BCUT2D eigenvalue weighted by Gasteiger charge is -2.49. The van der Waals surface area contributed by atoms with Crippen LogP contribution in [0.3, 0.4) is 0 Å². The minimum atomic E-state index is -0.0935. The van der Waals surface area contributed by atoms with Crippen molar-refractivity contribution in [1.82, 2.24) is 40.5 Å². The molecule has 0 bridgehead atoms. The second-order valence-electron chi connectivity index (χ2n) is 16.9. The summed E-state index contributed by atoms with van der Waals surface area (Å²) in [5.74, 6) is 1.67. The molecule has 16 heteroatoms. The van der Waals surface area contributed by atoms with E-state index in [-0.39, 0.29) is 44.8 Å². The van der Waals surface area contributed by atoms with Gasteiger partial charge in [-0.25, -0.2) is 0 Å². The quantitative estimate of drug-likeness (QED) is 0.176. The SMILES string of the molecule is COCCCN(c1nc(Cl)nc(N(CCCOC)C2CC(C)(C)NC(C)(C)C2)n1)c1nc(Cl)nc(N(CCCOC)C2CC(C)(C)NC(C)(C)C2)n1. The second kappa shape index (κ2) is 18.0. The fourth-order valence-electron chi connectivity index (χ4n) is 8.44. The van der Waals surface area contributed by atoms with Crippen LogP contribution in [0.5, 0.6) is 0 Å². The fraction of sp³-hybridized carbons (Fsp3) is 0.833. The third-order valence-corrected chi connectivity index (χ3v) is 9.95. The van der Waals surface area contributed by atoms with E-state index < -0.39 is 0 Å². The van der Waals surface area contributed by atoms with Crippen LogP contribution in [-0.2, 0) is 14.2 Å². The Labute approximate surface area is 321 Å². The topological polar surface area (TPSA) is 139 Å². The number of methoxy groups -OCH3 is 3. The Hall–Kier alpha value is -2.20. The van der Waals surface area contributed by atoms with Crippen LogP contribution in [0.2, 0.25) is 10.6 Å². The standard InChI is InChI=1S/C36H63Cl2N11O3/c1-33(2)21-25(22-34(3,4)45-33)47(15-12-18-50-9)29-39-27(37)41-31(43-29)49(17-14-20-52-11)32-42-28(38)40-30(44-32)48(16-13-19-51-10)26-23-35(5,6)46-36(7,8)24-26/h25-26,45-46H,12-24H2,1-11H3. The van der Waals surface area contributed by atoms with Crippen LogP contribution in [0.4, 0.5) is 23.8 Å². The summed E-state index contributed by atoms with van der Waals surface area (Å²) in [5.41, 5.74) is -0.374. The van der Waals surface area contributed by atoms with Crippen molar-refractivity contribution in [3.8, 4) is 0 Å². The highest BCUT2D eigenvalue weighted by Gasteiger charge is 2.42. The number of nitrogens with one attached hydrogen (secondary N) is 2. The van der Waals surface area contributed by atoms with Gasteiger partial charge in [-0.05, 0) is 124 Å². The van der Waals surface area contributed by atoms with E-state index in [4.69, 9.17) is 57.3 Å². The molecular formula is C36H63Cl2N11O3. The number of ether oxygens (including phenoxy) is 3. The molecule has 0 amide bonds. The smallest absolute Gasteiger partial charge is 0.238 e. The van der Waals surface area contributed by atoms with Crippen molar-refractivity contribution in [1.29, 1.82) is 0 Å².